The highest BCUT2D eigenvalue weighted by Gasteiger charge is 2.40. The highest BCUT2D eigenvalue weighted by Crippen LogP contribution is 2.48. The molecule has 0 bridgehead atoms. The predicted octanol–water partition coefficient (Wildman–Crippen LogP) is 5.73. The molecule has 1 aliphatic rings. The average molecular weight is 560 g/mol. The first-order valence-corrected chi connectivity index (χ1v) is 14.9. The minimum Gasteiger partial charge on any atom is -0.350 e. The number of hydrogen-bond acceptors (Lipinski definition) is 6. The topological polar surface area (TPSA) is 80.1 Å². The van der Waals surface area contributed by atoms with Crippen LogP contribution < -0.4 is 10.2 Å². The molecule has 4 heterocycles. The van der Waals surface area contributed by atoms with Crippen LogP contribution in [0.25, 0.3) is 5.69 Å². The zero-order valence-corrected chi connectivity index (χ0v) is 24.5. The standard InChI is InChI=1S/C30H33N5O2S2/c1-19-6-7-23(20(2)14-19)35-29-26(28(33-35)30(3,4)5)27(22-10-13-38-17-22)39-18-25(37)34(29)16-24(36)32-15-21-8-11-31-12-9-21/h6-14,17,27H,15-16,18H2,1-5H3,(H,32,36)/t27-/m1/s1. The normalized spacial score (nSPS) is 15.7. The summed E-state index contributed by atoms with van der Waals surface area (Å²) < 4.78 is 1.89. The first-order valence-electron chi connectivity index (χ1n) is 12.9. The number of thioether (sulfide) groups is 1. The Morgan fingerprint density at radius 1 is 1.13 bits per heavy atom. The molecule has 0 aliphatic carbocycles. The van der Waals surface area contributed by atoms with Crippen LogP contribution in [0.1, 0.15) is 59.5 Å². The third kappa shape index (κ3) is 5.65. The number of nitrogens with zero attached hydrogens (tertiary/aromatic N) is 4. The Morgan fingerprint density at radius 2 is 1.90 bits per heavy atom. The van der Waals surface area contributed by atoms with Crippen molar-refractivity contribution >= 4 is 40.7 Å². The number of hydrogen-bond donors (Lipinski definition) is 1. The van der Waals surface area contributed by atoms with Crippen LogP contribution in [-0.4, -0.2) is 38.9 Å². The van der Waals surface area contributed by atoms with Crippen molar-refractivity contribution in [3.05, 3.63) is 93.1 Å². The van der Waals surface area contributed by atoms with E-state index in [0.717, 1.165) is 39.2 Å². The minimum atomic E-state index is -0.286. The van der Waals surface area contributed by atoms with Gasteiger partial charge in [-0.05, 0) is 65.6 Å². The van der Waals surface area contributed by atoms with Gasteiger partial charge in [-0.25, -0.2) is 4.68 Å². The SMILES string of the molecule is Cc1ccc(-n2nc(C(C)(C)C)c3c2N(CC(=O)NCc2ccncc2)C(=O)CS[C@@H]3c2ccsc2)c(C)c1. The van der Waals surface area contributed by atoms with E-state index in [1.54, 1.807) is 40.4 Å². The first-order chi connectivity index (χ1) is 18.6. The fraction of sp³-hybridized carbons (Fsp3) is 0.333. The number of carbonyl (C=O) groups is 2. The van der Waals surface area contributed by atoms with Crippen molar-refractivity contribution < 1.29 is 9.59 Å². The second kappa shape index (κ2) is 11.0. The molecule has 0 spiro atoms. The molecule has 1 aliphatic heterocycles. The van der Waals surface area contributed by atoms with Gasteiger partial charge in [-0.1, -0.05) is 38.5 Å². The van der Waals surface area contributed by atoms with Gasteiger partial charge in [0.2, 0.25) is 11.8 Å². The van der Waals surface area contributed by atoms with E-state index in [9.17, 15) is 9.59 Å². The van der Waals surface area contributed by atoms with Crippen molar-refractivity contribution in [2.24, 2.45) is 0 Å². The van der Waals surface area contributed by atoms with Crippen molar-refractivity contribution in [2.75, 3.05) is 17.2 Å². The zero-order valence-electron chi connectivity index (χ0n) is 22.9. The van der Waals surface area contributed by atoms with Gasteiger partial charge in [0.15, 0.2) is 0 Å². The smallest absolute Gasteiger partial charge is 0.240 e. The van der Waals surface area contributed by atoms with Crippen LogP contribution in [0.3, 0.4) is 0 Å². The van der Waals surface area contributed by atoms with E-state index in [4.69, 9.17) is 5.10 Å². The summed E-state index contributed by atoms with van der Waals surface area (Å²) in [5, 5.41) is 12.3. The van der Waals surface area contributed by atoms with Crippen LogP contribution in [-0.2, 0) is 21.5 Å². The van der Waals surface area contributed by atoms with Gasteiger partial charge < -0.3 is 5.32 Å². The molecule has 1 N–H and O–H groups in total. The molecular formula is C30H33N5O2S2. The third-order valence-corrected chi connectivity index (χ3v) is 8.72. The van der Waals surface area contributed by atoms with Gasteiger partial charge in [0.25, 0.3) is 0 Å². The Hall–Kier alpha value is -3.43. The molecule has 5 rings (SSSR count). The summed E-state index contributed by atoms with van der Waals surface area (Å²) in [5.74, 6) is 0.612. The van der Waals surface area contributed by atoms with E-state index in [1.807, 2.05) is 22.9 Å². The first kappa shape index (κ1) is 27.1. The lowest BCUT2D eigenvalue weighted by molar-refractivity contribution is -0.123. The van der Waals surface area contributed by atoms with Gasteiger partial charge in [0.1, 0.15) is 12.4 Å². The quantitative estimate of drug-likeness (QED) is 0.326. The molecule has 0 saturated carbocycles. The number of pyridine rings is 1. The van der Waals surface area contributed by atoms with Crippen LogP contribution in [0.5, 0.6) is 0 Å². The lowest BCUT2D eigenvalue weighted by Gasteiger charge is -2.24. The van der Waals surface area contributed by atoms with E-state index in [-0.39, 0.29) is 34.8 Å². The fourth-order valence-electron chi connectivity index (χ4n) is 4.87. The number of benzene rings is 1. The van der Waals surface area contributed by atoms with Gasteiger partial charge >= 0.3 is 0 Å². The van der Waals surface area contributed by atoms with Crippen molar-refractivity contribution in [2.45, 2.75) is 51.8 Å². The second-order valence-corrected chi connectivity index (χ2v) is 12.8. The van der Waals surface area contributed by atoms with Crippen molar-refractivity contribution in [3.8, 4) is 5.69 Å². The summed E-state index contributed by atoms with van der Waals surface area (Å²) in [6.45, 7) is 10.8. The number of nitrogens with one attached hydrogen (secondary N) is 1. The Bertz CT molecular complexity index is 1490. The van der Waals surface area contributed by atoms with Crippen molar-refractivity contribution in [1.82, 2.24) is 20.1 Å². The molecule has 1 aromatic carbocycles. The molecule has 1 atom stereocenters. The molecule has 9 heteroatoms. The van der Waals surface area contributed by atoms with Crippen LogP contribution in [0, 0.1) is 13.8 Å². The molecule has 2 amide bonds. The number of anilines is 1. The molecule has 3 aromatic heterocycles. The van der Waals surface area contributed by atoms with Crippen LogP contribution >= 0.6 is 23.1 Å². The van der Waals surface area contributed by atoms with Gasteiger partial charge in [-0.15, -0.1) is 11.8 Å². The molecule has 7 nitrogen and oxygen atoms in total. The van der Waals surface area contributed by atoms with Gasteiger partial charge in [-0.2, -0.15) is 16.4 Å². The second-order valence-electron chi connectivity index (χ2n) is 10.9. The number of aryl methyl sites for hydroxylation is 2. The number of carbonyl (C=O) groups excluding carboxylic acids is 2. The molecule has 0 radical (unpaired) electrons. The largest absolute Gasteiger partial charge is 0.350 e. The number of rotatable bonds is 6. The van der Waals surface area contributed by atoms with Gasteiger partial charge in [0, 0.05) is 29.9 Å². The van der Waals surface area contributed by atoms with E-state index in [2.05, 4.69) is 73.9 Å². The summed E-state index contributed by atoms with van der Waals surface area (Å²) in [6.07, 6.45) is 3.40. The Balaban J connectivity index is 1.65. The maximum absolute atomic E-state index is 13.8. The summed E-state index contributed by atoms with van der Waals surface area (Å²) in [7, 11) is 0. The zero-order chi connectivity index (χ0) is 27.7. The molecule has 0 saturated heterocycles. The highest BCUT2D eigenvalue weighted by molar-refractivity contribution is 8.00. The molecule has 0 fully saturated rings. The monoisotopic (exact) mass is 559 g/mol. The maximum atomic E-state index is 13.8. The fourth-order valence-corrected chi connectivity index (χ4v) is 6.83. The van der Waals surface area contributed by atoms with Crippen molar-refractivity contribution in [1.29, 1.82) is 0 Å². The Morgan fingerprint density at radius 3 is 2.56 bits per heavy atom. The maximum Gasteiger partial charge on any atom is 0.240 e. The average Bonchev–Trinajstić information content (AvgIpc) is 3.53. The minimum absolute atomic E-state index is 0.0752. The molecule has 4 aromatic rings. The summed E-state index contributed by atoms with van der Waals surface area (Å²) in [4.78, 5) is 32.7. The summed E-state index contributed by atoms with van der Waals surface area (Å²) in [6, 6.07) is 12.1. The number of thiophene rings is 1. The van der Waals surface area contributed by atoms with Crippen LogP contribution in [0.2, 0.25) is 0 Å². The number of amides is 2. The van der Waals surface area contributed by atoms with Gasteiger partial charge in [0.05, 0.1) is 22.4 Å². The summed E-state index contributed by atoms with van der Waals surface area (Å²) >= 11 is 3.25. The number of fused-ring (bicyclic) bond motifs is 1. The van der Waals surface area contributed by atoms with Crippen molar-refractivity contribution in [3.63, 3.8) is 0 Å². The third-order valence-electron chi connectivity index (χ3n) is 6.77. The van der Waals surface area contributed by atoms with Crippen LogP contribution in [0.4, 0.5) is 5.82 Å². The highest BCUT2D eigenvalue weighted by atomic mass is 32.2. The van der Waals surface area contributed by atoms with Gasteiger partial charge in [-0.3, -0.25) is 19.5 Å². The lowest BCUT2D eigenvalue weighted by atomic mass is 9.87. The predicted molar refractivity (Wildman–Crippen MR) is 159 cm³/mol. The molecule has 39 heavy (non-hydrogen) atoms. The lowest BCUT2D eigenvalue weighted by Crippen LogP contribution is -2.42. The van der Waals surface area contributed by atoms with E-state index in [0.29, 0.717) is 12.4 Å². The number of aromatic nitrogens is 3. The summed E-state index contributed by atoms with van der Waals surface area (Å²) in [5.41, 5.74) is 6.85. The Labute approximate surface area is 237 Å². The molecular weight excluding hydrogens is 526 g/mol. The van der Waals surface area contributed by atoms with Crippen LogP contribution in [0.15, 0.2) is 59.6 Å². The molecule has 0 unspecified atom stereocenters. The van der Waals surface area contributed by atoms with E-state index in [1.165, 1.54) is 0 Å². The Kier molecular flexibility index (Phi) is 7.64. The van der Waals surface area contributed by atoms with E-state index < -0.39 is 0 Å². The molecule has 202 valence electrons. The van der Waals surface area contributed by atoms with E-state index >= 15 is 0 Å².